The van der Waals surface area contributed by atoms with Crippen LogP contribution in [-0.2, 0) is 16.0 Å². The Morgan fingerprint density at radius 2 is 2.25 bits per heavy atom. The highest BCUT2D eigenvalue weighted by Crippen LogP contribution is 2.20. The van der Waals surface area contributed by atoms with Crippen molar-refractivity contribution >= 4 is 22.4 Å². The minimum atomic E-state index is 0.0436. The summed E-state index contributed by atoms with van der Waals surface area (Å²) in [5.41, 5.74) is 0. The number of nitrogens with zero attached hydrogens (tertiary/aromatic N) is 2. The Balaban J connectivity index is 1.90. The van der Waals surface area contributed by atoms with Gasteiger partial charge in [0.2, 0.25) is 11.0 Å². The molecule has 1 aliphatic rings. The molecule has 0 unspecified atom stereocenters. The molecule has 0 spiro atoms. The van der Waals surface area contributed by atoms with Gasteiger partial charge in [0.15, 0.2) is 0 Å². The standard InChI is InChI=1S/C10H15N3O2S/c1-2-8-12-13-10(16-8)11-9(14)7-3-5-15-6-4-7/h7H,2-6H2,1H3,(H,11,13,14). The van der Waals surface area contributed by atoms with Gasteiger partial charge >= 0.3 is 0 Å². The molecule has 0 radical (unpaired) electrons. The van der Waals surface area contributed by atoms with E-state index >= 15 is 0 Å². The predicted octanol–water partition coefficient (Wildman–Crippen LogP) is 1.47. The average Bonchev–Trinajstić information content (AvgIpc) is 2.78. The van der Waals surface area contributed by atoms with Crippen LogP contribution in [0.25, 0.3) is 0 Å². The van der Waals surface area contributed by atoms with Crippen molar-refractivity contribution in [1.82, 2.24) is 10.2 Å². The van der Waals surface area contributed by atoms with Crippen LogP contribution in [-0.4, -0.2) is 29.3 Å². The molecular formula is C10H15N3O2S. The van der Waals surface area contributed by atoms with Crippen LogP contribution in [0, 0.1) is 5.92 Å². The van der Waals surface area contributed by atoms with E-state index in [0.29, 0.717) is 18.3 Å². The monoisotopic (exact) mass is 241 g/mol. The van der Waals surface area contributed by atoms with Gasteiger partial charge in [0, 0.05) is 19.1 Å². The van der Waals surface area contributed by atoms with E-state index in [0.717, 1.165) is 24.3 Å². The molecule has 16 heavy (non-hydrogen) atoms. The average molecular weight is 241 g/mol. The SMILES string of the molecule is CCc1nnc(NC(=O)C2CCOCC2)s1. The van der Waals surface area contributed by atoms with Gasteiger partial charge in [0.25, 0.3) is 0 Å². The Hall–Kier alpha value is -1.01. The van der Waals surface area contributed by atoms with Crippen LogP contribution in [0.4, 0.5) is 5.13 Å². The van der Waals surface area contributed by atoms with Crippen molar-refractivity contribution in [3.05, 3.63) is 5.01 Å². The second-order valence-electron chi connectivity index (χ2n) is 3.73. The summed E-state index contributed by atoms with van der Waals surface area (Å²) in [4.78, 5) is 11.8. The lowest BCUT2D eigenvalue weighted by molar-refractivity contribution is -0.122. The van der Waals surface area contributed by atoms with Crippen LogP contribution in [0.1, 0.15) is 24.8 Å². The summed E-state index contributed by atoms with van der Waals surface area (Å²) in [5.74, 6) is 0.102. The molecule has 0 saturated carbocycles. The molecule has 1 aliphatic heterocycles. The topological polar surface area (TPSA) is 64.1 Å². The molecule has 6 heteroatoms. The van der Waals surface area contributed by atoms with Gasteiger partial charge in [-0.2, -0.15) is 0 Å². The third-order valence-corrected chi connectivity index (χ3v) is 3.57. The molecule has 0 atom stereocenters. The highest BCUT2D eigenvalue weighted by Gasteiger charge is 2.22. The normalized spacial score (nSPS) is 17.3. The first-order valence-corrected chi connectivity index (χ1v) is 6.32. The molecule has 5 nitrogen and oxygen atoms in total. The van der Waals surface area contributed by atoms with Crippen LogP contribution >= 0.6 is 11.3 Å². The number of anilines is 1. The van der Waals surface area contributed by atoms with Crippen molar-refractivity contribution in [2.45, 2.75) is 26.2 Å². The number of nitrogens with one attached hydrogen (secondary N) is 1. The molecule has 1 fully saturated rings. The molecule has 0 aromatic carbocycles. The molecule has 0 bridgehead atoms. The molecule has 1 aromatic rings. The first kappa shape index (κ1) is 11.5. The molecule has 1 aromatic heterocycles. The first-order chi connectivity index (χ1) is 7.79. The molecule has 1 saturated heterocycles. The maximum Gasteiger partial charge on any atom is 0.229 e. The molecule has 2 heterocycles. The van der Waals surface area contributed by atoms with Crippen molar-refractivity contribution < 1.29 is 9.53 Å². The van der Waals surface area contributed by atoms with E-state index in [1.165, 1.54) is 11.3 Å². The quantitative estimate of drug-likeness (QED) is 0.870. The van der Waals surface area contributed by atoms with E-state index in [1.807, 2.05) is 6.92 Å². The second-order valence-corrected chi connectivity index (χ2v) is 4.79. The summed E-state index contributed by atoms with van der Waals surface area (Å²) < 4.78 is 5.22. The summed E-state index contributed by atoms with van der Waals surface area (Å²) in [6, 6.07) is 0. The largest absolute Gasteiger partial charge is 0.381 e. The lowest BCUT2D eigenvalue weighted by Crippen LogP contribution is -2.28. The maximum atomic E-state index is 11.8. The van der Waals surface area contributed by atoms with Crippen LogP contribution in [0.3, 0.4) is 0 Å². The fraction of sp³-hybridized carbons (Fsp3) is 0.700. The van der Waals surface area contributed by atoms with Gasteiger partial charge in [0.1, 0.15) is 5.01 Å². The summed E-state index contributed by atoms with van der Waals surface area (Å²) in [7, 11) is 0. The van der Waals surface area contributed by atoms with Crippen molar-refractivity contribution in [3.63, 3.8) is 0 Å². The summed E-state index contributed by atoms with van der Waals surface area (Å²) in [6.45, 7) is 3.37. The van der Waals surface area contributed by atoms with Crippen molar-refractivity contribution in [3.8, 4) is 0 Å². The van der Waals surface area contributed by atoms with Crippen molar-refractivity contribution in [2.24, 2.45) is 5.92 Å². The minimum absolute atomic E-state index is 0.0436. The van der Waals surface area contributed by atoms with Crippen LogP contribution in [0.2, 0.25) is 0 Å². The summed E-state index contributed by atoms with van der Waals surface area (Å²) in [6.07, 6.45) is 2.45. The Bertz CT molecular complexity index is 361. The van der Waals surface area contributed by atoms with E-state index in [2.05, 4.69) is 15.5 Å². The summed E-state index contributed by atoms with van der Waals surface area (Å²) >= 11 is 1.44. The number of rotatable bonds is 3. The third-order valence-electron chi connectivity index (χ3n) is 2.59. The van der Waals surface area contributed by atoms with Crippen LogP contribution < -0.4 is 5.32 Å². The predicted molar refractivity (Wildman–Crippen MR) is 61.5 cm³/mol. The van der Waals surface area contributed by atoms with Gasteiger partial charge in [-0.3, -0.25) is 4.79 Å². The maximum absolute atomic E-state index is 11.8. The number of amides is 1. The van der Waals surface area contributed by atoms with Crippen molar-refractivity contribution in [1.29, 1.82) is 0 Å². The van der Waals surface area contributed by atoms with E-state index in [9.17, 15) is 4.79 Å². The van der Waals surface area contributed by atoms with E-state index < -0.39 is 0 Å². The van der Waals surface area contributed by atoms with E-state index in [1.54, 1.807) is 0 Å². The Kier molecular flexibility index (Phi) is 3.84. The lowest BCUT2D eigenvalue weighted by Gasteiger charge is -2.20. The fourth-order valence-electron chi connectivity index (χ4n) is 1.61. The van der Waals surface area contributed by atoms with E-state index in [-0.39, 0.29) is 11.8 Å². The van der Waals surface area contributed by atoms with Gasteiger partial charge in [-0.25, -0.2) is 0 Å². The Morgan fingerprint density at radius 1 is 1.50 bits per heavy atom. The molecule has 1 amide bonds. The second kappa shape index (κ2) is 5.36. The number of hydrogen-bond acceptors (Lipinski definition) is 5. The van der Waals surface area contributed by atoms with Gasteiger partial charge in [-0.15, -0.1) is 10.2 Å². The lowest BCUT2D eigenvalue weighted by atomic mass is 10.00. The minimum Gasteiger partial charge on any atom is -0.381 e. The zero-order valence-electron chi connectivity index (χ0n) is 9.23. The first-order valence-electron chi connectivity index (χ1n) is 5.50. The zero-order valence-corrected chi connectivity index (χ0v) is 10.0. The highest BCUT2D eigenvalue weighted by molar-refractivity contribution is 7.15. The molecule has 0 aliphatic carbocycles. The van der Waals surface area contributed by atoms with Crippen LogP contribution in [0.15, 0.2) is 0 Å². The summed E-state index contributed by atoms with van der Waals surface area (Å²) in [5, 5.41) is 12.3. The van der Waals surface area contributed by atoms with E-state index in [4.69, 9.17) is 4.74 Å². The molecule has 2 rings (SSSR count). The Morgan fingerprint density at radius 3 is 2.88 bits per heavy atom. The molecule has 1 N–H and O–H groups in total. The number of carbonyl (C=O) groups excluding carboxylic acids is 1. The number of hydrogen-bond donors (Lipinski definition) is 1. The number of aromatic nitrogens is 2. The molecular weight excluding hydrogens is 226 g/mol. The number of carbonyl (C=O) groups is 1. The zero-order chi connectivity index (χ0) is 11.4. The smallest absolute Gasteiger partial charge is 0.229 e. The fourth-order valence-corrected chi connectivity index (χ4v) is 2.30. The Labute approximate surface area is 98.2 Å². The number of aryl methyl sites for hydroxylation is 1. The number of ether oxygens (including phenoxy) is 1. The van der Waals surface area contributed by atoms with Gasteiger partial charge < -0.3 is 10.1 Å². The van der Waals surface area contributed by atoms with Gasteiger partial charge in [0.05, 0.1) is 0 Å². The third kappa shape index (κ3) is 2.76. The van der Waals surface area contributed by atoms with Gasteiger partial charge in [-0.05, 0) is 19.3 Å². The van der Waals surface area contributed by atoms with Gasteiger partial charge in [-0.1, -0.05) is 18.3 Å². The molecule has 88 valence electrons. The highest BCUT2D eigenvalue weighted by atomic mass is 32.1. The van der Waals surface area contributed by atoms with Crippen LogP contribution in [0.5, 0.6) is 0 Å². The van der Waals surface area contributed by atoms with Crippen molar-refractivity contribution in [2.75, 3.05) is 18.5 Å².